The van der Waals surface area contributed by atoms with Crippen LogP contribution in [0.5, 0.6) is 0 Å². The lowest BCUT2D eigenvalue weighted by Crippen LogP contribution is -2.37. The zero-order chi connectivity index (χ0) is 27.6. The Bertz CT molecular complexity index is 1590. The summed E-state index contributed by atoms with van der Waals surface area (Å²) in [6, 6.07) is 16.9. The molecule has 1 aliphatic heterocycles. The Morgan fingerprint density at radius 2 is 1.74 bits per heavy atom. The summed E-state index contributed by atoms with van der Waals surface area (Å²) in [5.41, 5.74) is 0.142. The smallest absolute Gasteiger partial charge is 0.378 e. The van der Waals surface area contributed by atoms with Gasteiger partial charge in [0.05, 0.1) is 57.5 Å². The van der Waals surface area contributed by atoms with Gasteiger partial charge in [-0.15, -0.1) is 0 Å². The third-order valence-corrected chi connectivity index (χ3v) is 7.38. The van der Waals surface area contributed by atoms with Crippen LogP contribution >= 0.6 is 23.4 Å². The molecule has 1 saturated heterocycles. The molecule has 1 aliphatic rings. The second-order valence-electron chi connectivity index (χ2n) is 8.67. The van der Waals surface area contributed by atoms with Gasteiger partial charge in [-0.3, -0.25) is 14.2 Å². The van der Waals surface area contributed by atoms with E-state index >= 15 is 0 Å². The van der Waals surface area contributed by atoms with Crippen molar-refractivity contribution >= 4 is 51.5 Å². The van der Waals surface area contributed by atoms with Gasteiger partial charge in [-0.1, -0.05) is 47.6 Å². The standard InChI is InChI=1S/C27H22ClF3N4O3S/c28-19-6-2-4-8-22(19)35-25(37)18-5-1-3-7-20(18)33-26(35)39-16-24(36)32-21-15-17(27(29,30)31)9-10-23(21)34-11-13-38-14-12-34/h1-10,15H,11-14,16H2,(H,32,36). The van der Waals surface area contributed by atoms with Gasteiger partial charge in [-0.2, -0.15) is 13.2 Å². The largest absolute Gasteiger partial charge is 0.416 e. The molecular formula is C27H22ClF3N4O3S. The molecule has 1 fully saturated rings. The molecule has 0 spiro atoms. The molecule has 4 aromatic rings. The Hall–Kier alpha value is -3.54. The highest BCUT2D eigenvalue weighted by Crippen LogP contribution is 2.36. The number of carbonyl (C=O) groups excluding carboxylic acids is 1. The number of hydrogen-bond acceptors (Lipinski definition) is 6. The number of halogens is 4. The summed E-state index contributed by atoms with van der Waals surface area (Å²) in [6.45, 7) is 1.82. The number of para-hydroxylation sites is 2. The SMILES string of the molecule is O=C(CSc1nc2ccccc2c(=O)n1-c1ccccc1Cl)Nc1cc(C(F)(F)F)ccc1N1CCOCC1. The minimum absolute atomic E-state index is 0.0484. The van der Waals surface area contributed by atoms with Gasteiger partial charge in [0.15, 0.2) is 5.16 Å². The summed E-state index contributed by atoms with van der Waals surface area (Å²) >= 11 is 7.37. The maximum atomic E-state index is 13.5. The first-order valence-corrected chi connectivity index (χ1v) is 13.3. The third kappa shape index (κ3) is 5.90. The van der Waals surface area contributed by atoms with E-state index in [1.165, 1.54) is 10.6 Å². The van der Waals surface area contributed by atoms with E-state index in [2.05, 4.69) is 10.3 Å². The first-order valence-electron chi connectivity index (χ1n) is 12.0. The van der Waals surface area contributed by atoms with Crippen LogP contribution in [0.25, 0.3) is 16.6 Å². The number of nitrogens with one attached hydrogen (secondary N) is 1. The highest BCUT2D eigenvalue weighted by Gasteiger charge is 2.32. The molecule has 202 valence electrons. The number of anilines is 2. The Balaban J connectivity index is 1.45. The number of carbonyl (C=O) groups is 1. The van der Waals surface area contributed by atoms with Crippen molar-refractivity contribution in [3.8, 4) is 5.69 Å². The molecule has 3 aromatic carbocycles. The predicted octanol–water partition coefficient (Wildman–Crippen LogP) is 5.63. The molecule has 0 aliphatic carbocycles. The number of hydrogen-bond donors (Lipinski definition) is 1. The van der Waals surface area contributed by atoms with Gasteiger partial charge in [0.1, 0.15) is 0 Å². The maximum absolute atomic E-state index is 13.5. The molecule has 39 heavy (non-hydrogen) atoms. The third-order valence-electron chi connectivity index (χ3n) is 6.12. The zero-order valence-corrected chi connectivity index (χ0v) is 21.9. The van der Waals surface area contributed by atoms with Crippen LogP contribution in [0, 0.1) is 0 Å². The first kappa shape index (κ1) is 27.0. The van der Waals surface area contributed by atoms with Crippen LogP contribution in [0.1, 0.15) is 5.56 Å². The molecule has 0 saturated carbocycles. The number of ether oxygens (including phenoxy) is 1. The average Bonchev–Trinajstić information content (AvgIpc) is 2.93. The minimum atomic E-state index is -4.57. The highest BCUT2D eigenvalue weighted by atomic mass is 35.5. The van der Waals surface area contributed by atoms with E-state index in [4.69, 9.17) is 16.3 Å². The van der Waals surface area contributed by atoms with Crippen LogP contribution in [-0.2, 0) is 15.7 Å². The normalized spacial score (nSPS) is 14.0. The second kappa shape index (κ2) is 11.3. The first-order chi connectivity index (χ1) is 18.7. The van der Waals surface area contributed by atoms with E-state index in [0.717, 1.165) is 23.9 Å². The van der Waals surface area contributed by atoms with E-state index in [-0.39, 0.29) is 22.2 Å². The zero-order valence-electron chi connectivity index (χ0n) is 20.4. The van der Waals surface area contributed by atoms with Crippen molar-refractivity contribution < 1.29 is 22.7 Å². The number of fused-ring (bicyclic) bond motifs is 1. The number of alkyl halides is 3. The van der Waals surface area contributed by atoms with Crippen molar-refractivity contribution in [1.29, 1.82) is 0 Å². The van der Waals surface area contributed by atoms with Gasteiger partial charge >= 0.3 is 6.18 Å². The van der Waals surface area contributed by atoms with Gasteiger partial charge < -0.3 is 15.0 Å². The number of aromatic nitrogens is 2. The molecule has 0 unspecified atom stereocenters. The van der Waals surface area contributed by atoms with E-state index in [0.29, 0.717) is 53.6 Å². The van der Waals surface area contributed by atoms with Crippen LogP contribution in [0.2, 0.25) is 5.02 Å². The number of nitrogens with zero attached hydrogens (tertiary/aromatic N) is 3. The predicted molar refractivity (Wildman–Crippen MR) is 146 cm³/mol. The summed E-state index contributed by atoms with van der Waals surface area (Å²) in [5, 5.41) is 3.55. The van der Waals surface area contributed by atoms with E-state index in [9.17, 15) is 22.8 Å². The molecule has 7 nitrogen and oxygen atoms in total. The summed E-state index contributed by atoms with van der Waals surface area (Å²) in [4.78, 5) is 32.9. The molecule has 1 amide bonds. The number of benzene rings is 3. The van der Waals surface area contributed by atoms with Gasteiger partial charge in [-0.25, -0.2) is 4.98 Å². The number of amides is 1. The van der Waals surface area contributed by atoms with Crippen LogP contribution < -0.4 is 15.8 Å². The molecule has 0 bridgehead atoms. The van der Waals surface area contributed by atoms with Crippen LogP contribution in [0.4, 0.5) is 24.5 Å². The van der Waals surface area contributed by atoms with Crippen molar-refractivity contribution in [3.63, 3.8) is 0 Å². The summed E-state index contributed by atoms with van der Waals surface area (Å²) in [6.07, 6.45) is -4.57. The Morgan fingerprint density at radius 3 is 2.49 bits per heavy atom. The summed E-state index contributed by atoms with van der Waals surface area (Å²) in [7, 11) is 0. The average molecular weight is 575 g/mol. The minimum Gasteiger partial charge on any atom is -0.378 e. The van der Waals surface area contributed by atoms with E-state index in [1.807, 2.05) is 4.90 Å². The van der Waals surface area contributed by atoms with Crippen LogP contribution in [0.15, 0.2) is 76.7 Å². The molecule has 0 atom stereocenters. The molecular weight excluding hydrogens is 553 g/mol. The Labute approximate surface area is 230 Å². The van der Waals surface area contributed by atoms with Gasteiger partial charge in [-0.05, 0) is 42.5 Å². The van der Waals surface area contributed by atoms with Gasteiger partial charge in [0.2, 0.25) is 5.91 Å². The fraction of sp³-hybridized carbons (Fsp3) is 0.222. The van der Waals surface area contributed by atoms with Crippen molar-refractivity contribution in [3.05, 3.63) is 87.7 Å². The van der Waals surface area contributed by atoms with Crippen molar-refractivity contribution in [1.82, 2.24) is 9.55 Å². The molecule has 1 aromatic heterocycles. The van der Waals surface area contributed by atoms with Crippen molar-refractivity contribution in [2.45, 2.75) is 11.3 Å². The quantitative estimate of drug-likeness (QED) is 0.238. The molecule has 5 rings (SSSR count). The van der Waals surface area contributed by atoms with E-state index in [1.54, 1.807) is 48.5 Å². The van der Waals surface area contributed by atoms with Crippen molar-refractivity contribution in [2.75, 3.05) is 42.3 Å². The summed E-state index contributed by atoms with van der Waals surface area (Å²) < 4.78 is 47.0. The molecule has 2 heterocycles. The lowest BCUT2D eigenvalue weighted by Gasteiger charge is -2.31. The van der Waals surface area contributed by atoms with E-state index < -0.39 is 17.6 Å². The molecule has 1 N–H and O–H groups in total. The second-order valence-corrected chi connectivity index (χ2v) is 10.0. The Morgan fingerprint density at radius 1 is 1.03 bits per heavy atom. The van der Waals surface area contributed by atoms with Crippen LogP contribution in [0.3, 0.4) is 0 Å². The fourth-order valence-electron chi connectivity index (χ4n) is 4.26. The Kier molecular flexibility index (Phi) is 7.83. The van der Waals surface area contributed by atoms with Gasteiger partial charge in [0.25, 0.3) is 5.56 Å². The number of rotatable bonds is 6. The summed E-state index contributed by atoms with van der Waals surface area (Å²) in [5.74, 6) is -0.768. The van der Waals surface area contributed by atoms with Crippen LogP contribution in [-0.4, -0.2) is 47.5 Å². The molecule has 0 radical (unpaired) electrons. The lowest BCUT2D eigenvalue weighted by molar-refractivity contribution is -0.137. The van der Waals surface area contributed by atoms with Crippen molar-refractivity contribution in [2.24, 2.45) is 0 Å². The highest BCUT2D eigenvalue weighted by molar-refractivity contribution is 7.99. The fourth-order valence-corrected chi connectivity index (χ4v) is 5.29. The molecule has 12 heteroatoms. The number of morpholine rings is 1. The number of thioether (sulfide) groups is 1. The lowest BCUT2D eigenvalue weighted by atomic mass is 10.1. The monoisotopic (exact) mass is 574 g/mol. The topological polar surface area (TPSA) is 76.5 Å². The van der Waals surface area contributed by atoms with Gasteiger partial charge in [0, 0.05) is 13.1 Å². The maximum Gasteiger partial charge on any atom is 0.416 e.